The summed E-state index contributed by atoms with van der Waals surface area (Å²) in [5.74, 6) is 0.0930. The summed E-state index contributed by atoms with van der Waals surface area (Å²) in [4.78, 5) is 11.0. The fourth-order valence-corrected chi connectivity index (χ4v) is 4.02. The number of carboxylic acid groups (broad SMARTS) is 1. The zero-order valence-electron chi connectivity index (χ0n) is 8.19. The van der Waals surface area contributed by atoms with Gasteiger partial charge in [-0.25, -0.2) is 4.79 Å². The van der Waals surface area contributed by atoms with Gasteiger partial charge in [-0.05, 0) is 18.8 Å². The number of rotatable bonds is 1. The largest absolute Gasteiger partial charge is 0.478 e. The summed E-state index contributed by atoms with van der Waals surface area (Å²) in [7, 11) is 0. The Morgan fingerprint density at radius 2 is 2.29 bits per heavy atom. The Labute approximate surface area is 87.7 Å². The van der Waals surface area contributed by atoms with Crippen LogP contribution in [0.3, 0.4) is 0 Å². The maximum absolute atomic E-state index is 11.0. The van der Waals surface area contributed by atoms with E-state index in [1.807, 2.05) is 0 Å². The van der Waals surface area contributed by atoms with Gasteiger partial charge in [0.05, 0.1) is 10.6 Å². The van der Waals surface area contributed by atoms with Crippen LogP contribution >= 0.6 is 11.8 Å². The quantitative estimate of drug-likeness (QED) is 0.697. The molecule has 3 atom stereocenters. The lowest BCUT2D eigenvalue weighted by Crippen LogP contribution is -2.26. The summed E-state index contributed by atoms with van der Waals surface area (Å²) < 4.78 is 0. The molecule has 78 valence electrons. The van der Waals surface area contributed by atoms with E-state index < -0.39 is 5.97 Å². The normalized spacial score (nSPS) is 37.1. The molecule has 1 saturated carbocycles. The van der Waals surface area contributed by atoms with E-state index in [1.165, 1.54) is 0 Å². The van der Waals surface area contributed by atoms with Crippen LogP contribution in [0.1, 0.15) is 26.2 Å². The average Bonchev–Trinajstić information content (AvgIpc) is 2.39. The molecule has 1 aliphatic carbocycles. The van der Waals surface area contributed by atoms with E-state index in [0.29, 0.717) is 21.8 Å². The van der Waals surface area contributed by atoms with Gasteiger partial charge in [-0.1, -0.05) is 13.3 Å². The molecule has 0 aromatic carbocycles. The van der Waals surface area contributed by atoms with Gasteiger partial charge in [-0.3, -0.25) is 0 Å². The van der Waals surface area contributed by atoms with Crippen molar-refractivity contribution in [3.63, 3.8) is 0 Å². The Morgan fingerprint density at radius 3 is 2.93 bits per heavy atom. The maximum Gasteiger partial charge on any atom is 0.334 e. The van der Waals surface area contributed by atoms with Crippen molar-refractivity contribution in [1.82, 2.24) is 0 Å². The van der Waals surface area contributed by atoms with E-state index in [0.717, 1.165) is 19.3 Å². The molecular weight excluding hydrogens is 198 g/mol. The third kappa shape index (κ3) is 1.52. The van der Waals surface area contributed by atoms with E-state index in [2.05, 4.69) is 6.92 Å². The van der Waals surface area contributed by atoms with Crippen molar-refractivity contribution >= 4 is 17.7 Å². The number of hydrogen-bond donors (Lipinski definition) is 2. The molecule has 3 nitrogen and oxygen atoms in total. The molecule has 0 bridgehead atoms. The van der Waals surface area contributed by atoms with Gasteiger partial charge in [-0.2, -0.15) is 0 Å². The first-order chi connectivity index (χ1) is 6.59. The molecule has 1 aliphatic heterocycles. The second-order valence-electron chi connectivity index (χ2n) is 4.26. The number of nitrogens with two attached hydrogens (primary N) is 1. The van der Waals surface area contributed by atoms with Gasteiger partial charge < -0.3 is 10.8 Å². The molecular formula is C10H15NO2S. The standard InChI is InChI=1S/C10H15NO2S/c1-5-2-3-6-7(4-5)14-9(11)8(6)10(12)13/h5-7H,2-4,11H2,1H3,(H,12,13). The van der Waals surface area contributed by atoms with Crippen molar-refractivity contribution in [3.05, 3.63) is 10.6 Å². The minimum atomic E-state index is -0.822. The van der Waals surface area contributed by atoms with Crippen LogP contribution in [0.5, 0.6) is 0 Å². The lowest BCUT2D eigenvalue weighted by atomic mass is 9.79. The summed E-state index contributed by atoms with van der Waals surface area (Å²) in [5.41, 5.74) is 6.23. The van der Waals surface area contributed by atoms with Crippen LogP contribution in [0.2, 0.25) is 0 Å². The molecule has 0 amide bonds. The van der Waals surface area contributed by atoms with Crippen LogP contribution in [0.15, 0.2) is 10.6 Å². The summed E-state index contributed by atoms with van der Waals surface area (Å²) in [6.45, 7) is 2.23. The third-order valence-electron chi connectivity index (χ3n) is 3.20. The lowest BCUT2D eigenvalue weighted by molar-refractivity contribution is -0.133. The van der Waals surface area contributed by atoms with Crippen molar-refractivity contribution in [2.45, 2.75) is 31.4 Å². The van der Waals surface area contributed by atoms with Crippen molar-refractivity contribution in [3.8, 4) is 0 Å². The van der Waals surface area contributed by atoms with Crippen LogP contribution in [0.4, 0.5) is 0 Å². The van der Waals surface area contributed by atoms with Crippen LogP contribution in [-0.4, -0.2) is 16.3 Å². The van der Waals surface area contributed by atoms with Crippen LogP contribution in [0.25, 0.3) is 0 Å². The van der Waals surface area contributed by atoms with Gasteiger partial charge in [0.15, 0.2) is 0 Å². The van der Waals surface area contributed by atoms with Crippen LogP contribution < -0.4 is 5.73 Å². The monoisotopic (exact) mass is 213 g/mol. The second kappa shape index (κ2) is 3.50. The molecule has 1 fully saturated rings. The van der Waals surface area contributed by atoms with Gasteiger partial charge in [0, 0.05) is 11.2 Å². The summed E-state index contributed by atoms with van der Waals surface area (Å²) in [6.07, 6.45) is 3.22. The van der Waals surface area contributed by atoms with Gasteiger partial charge in [0.25, 0.3) is 0 Å². The van der Waals surface area contributed by atoms with Gasteiger partial charge in [-0.15, -0.1) is 11.8 Å². The summed E-state index contributed by atoms with van der Waals surface area (Å²) >= 11 is 1.57. The lowest BCUT2D eigenvalue weighted by Gasteiger charge is -2.29. The fraction of sp³-hybridized carbons (Fsp3) is 0.700. The molecule has 0 spiro atoms. The van der Waals surface area contributed by atoms with Crippen molar-refractivity contribution < 1.29 is 9.90 Å². The molecule has 1 heterocycles. The number of carbonyl (C=O) groups is 1. The highest BCUT2D eigenvalue weighted by atomic mass is 32.2. The molecule has 2 rings (SSSR count). The first kappa shape index (κ1) is 9.90. The second-order valence-corrected chi connectivity index (χ2v) is 5.55. The van der Waals surface area contributed by atoms with Gasteiger partial charge >= 0.3 is 5.97 Å². The van der Waals surface area contributed by atoms with E-state index >= 15 is 0 Å². The SMILES string of the molecule is CC1CCC2C(C(=O)O)=C(N)SC2C1. The first-order valence-electron chi connectivity index (χ1n) is 4.99. The zero-order valence-corrected chi connectivity index (χ0v) is 9.01. The maximum atomic E-state index is 11.0. The molecule has 0 saturated heterocycles. The molecule has 3 N–H and O–H groups in total. The van der Waals surface area contributed by atoms with Gasteiger partial charge in [0.1, 0.15) is 0 Å². The smallest absolute Gasteiger partial charge is 0.334 e. The molecule has 3 unspecified atom stereocenters. The van der Waals surface area contributed by atoms with E-state index in [1.54, 1.807) is 11.8 Å². The number of thioether (sulfide) groups is 1. The van der Waals surface area contributed by atoms with Crippen LogP contribution in [0, 0.1) is 11.8 Å². The first-order valence-corrected chi connectivity index (χ1v) is 5.87. The number of aliphatic carboxylic acids is 1. The molecule has 0 aromatic rings. The molecule has 0 radical (unpaired) electrons. The highest BCUT2D eigenvalue weighted by Crippen LogP contribution is 2.48. The number of hydrogen-bond acceptors (Lipinski definition) is 3. The predicted octanol–water partition coefficient (Wildman–Crippen LogP) is 1.79. The Morgan fingerprint density at radius 1 is 1.57 bits per heavy atom. The highest BCUT2D eigenvalue weighted by Gasteiger charge is 2.41. The van der Waals surface area contributed by atoms with Crippen molar-refractivity contribution in [1.29, 1.82) is 0 Å². The summed E-state index contributed by atoms with van der Waals surface area (Å²) in [6, 6.07) is 0. The molecule has 2 aliphatic rings. The van der Waals surface area contributed by atoms with Gasteiger partial charge in [0.2, 0.25) is 0 Å². The fourth-order valence-electron chi connectivity index (χ4n) is 2.46. The Bertz CT molecular complexity index is 300. The number of carboxylic acids is 1. The van der Waals surface area contributed by atoms with Crippen molar-refractivity contribution in [2.24, 2.45) is 17.6 Å². The van der Waals surface area contributed by atoms with Crippen LogP contribution in [-0.2, 0) is 4.79 Å². The Kier molecular flexibility index (Phi) is 2.47. The summed E-state index contributed by atoms with van der Waals surface area (Å²) in [5, 5.41) is 10.0. The van der Waals surface area contributed by atoms with Crippen molar-refractivity contribution in [2.75, 3.05) is 0 Å². The van der Waals surface area contributed by atoms with E-state index in [-0.39, 0.29) is 5.92 Å². The molecule has 0 aromatic heterocycles. The highest BCUT2D eigenvalue weighted by molar-refractivity contribution is 8.03. The average molecular weight is 213 g/mol. The third-order valence-corrected chi connectivity index (χ3v) is 4.50. The molecule has 4 heteroatoms. The Balaban J connectivity index is 2.20. The zero-order chi connectivity index (χ0) is 10.3. The molecule has 14 heavy (non-hydrogen) atoms. The minimum Gasteiger partial charge on any atom is -0.478 e. The Hall–Kier alpha value is -0.640. The van der Waals surface area contributed by atoms with E-state index in [4.69, 9.17) is 10.8 Å². The topological polar surface area (TPSA) is 63.3 Å². The number of fused-ring (bicyclic) bond motifs is 1. The van der Waals surface area contributed by atoms with E-state index in [9.17, 15) is 4.79 Å². The predicted molar refractivity (Wildman–Crippen MR) is 56.7 cm³/mol. The minimum absolute atomic E-state index is 0.202.